The molecule has 0 spiro atoms. The van der Waals surface area contributed by atoms with E-state index in [0.29, 0.717) is 11.1 Å². The minimum absolute atomic E-state index is 0.185. The zero-order valence-corrected chi connectivity index (χ0v) is 12.0. The first-order valence-electron chi connectivity index (χ1n) is 6.90. The largest absolute Gasteiger partial charge is 0.390 e. The molecule has 2 saturated carbocycles. The van der Waals surface area contributed by atoms with Crippen molar-refractivity contribution in [2.45, 2.75) is 56.0 Å². The van der Waals surface area contributed by atoms with Crippen molar-refractivity contribution in [2.24, 2.45) is 16.8 Å². The molecular weight excluding hydrogens is 289 g/mol. The molecule has 3 aliphatic rings. The second-order valence-corrected chi connectivity index (χ2v) is 7.75. The summed E-state index contributed by atoms with van der Waals surface area (Å²) in [6.45, 7) is 1.34. The molecule has 7 heteroatoms. The Morgan fingerprint density at radius 1 is 1.40 bits per heavy atom. The second kappa shape index (κ2) is 4.64. The fourth-order valence-electron chi connectivity index (χ4n) is 3.59. The molecule has 3 rings (SSSR count). The van der Waals surface area contributed by atoms with Gasteiger partial charge in [-0.05, 0) is 38.0 Å². The Kier molecular flexibility index (Phi) is 3.30. The number of nitrogens with zero attached hydrogens (tertiary/aromatic N) is 1. The van der Waals surface area contributed by atoms with E-state index in [0.717, 1.165) is 30.5 Å². The Labute approximate surface area is 119 Å². The molecule has 1 amide bonds. The summed E-state index contributed by atoms with van der Waals surface area (Å²) in [6, 6.07) is 0.185. The molecule has 0 aromatic rings. The number of hydrogen-bond acceptors (Lipinski definition) is 3. The van der Waals surface area contributed by atoms with E-state index < -0.39 is 23.3 Å². The van der Waals surface area contributed by atoms with Crippen LogP contribution in [-0.2, 0) is 4.79 Å². The molecule has 3 nitrogen and oxygen atoms in total. The van der Waals surface area contributed by atoms with Gasteiger partial charge in [0.2, 0.25) is 5.91 Å². The SMILES string of the molecule is C[C@]1(CC(F)(F)F)SC(=N[C@H]2C[C@@H]3CCC2C3)NC1=O. The Balaban J connectivity index is 1.70. The van der Waals surface area contributed by atoms with Crippen LogP contribution >= 0.6 is 11.8 Å². The van der Waals surface area contributed by atoms with E-state index in [9.17, 15) is 18.0 Å². The van der Waals surface area contributed by atoms with Crippen LogP contribution in [-0.4, -0.2) is 28.0 Å². The van der Waals surface area contributed by atoms with E-state index in [1.165, 1.54) is 19.8 Å². The van der Waals surface area contributed by atoms with Gasteiger partial charge in [0.05, 0.1) is 12.5 Å². The van der Waals surface area contributed by atoms with Gasteiger partial charge in [-0.3, -0.25) is 9.79 Å². The molecule has 2 bridgehead atoms. The van der Waals surface area contributed by atoms with E-state index in [4.69, 9.17) is 0 Å². The highest BCUT2D eigenvalue weighted by Gasteiger charge is 2.50. The van der Waals surface area contributed by atoms with Crippen LogP contribution < -0.4 is 5.32 Å². The summed E-state index contributed by atoms with van der Waals surface area (Å²) in [5.41, 5.74) is 0. The summed E-state index contributed by atoms with van der Waals surface area (Å²) in [7, 11) is 0. The molecular formula is C13H17F3N2OS. The predicted molar refractivity (Wildman–Crippen MR) is 71.5 cm³/mol. The highest BCUT2D eigenvalue weighted by molar-refractivity contribution is 8.16. The summed E-state index contributed by atoms with van der Waals surface area (Å²) < 4.78 is 36.2. The maximum atomic E-state index is 12.5. The maximum Gasteiger partial charge on any atom is 0.390 e. The highest BCUT2D eigenvalue weighted by Crippen LogP contribution is 2.47. The summed E-state index contributed by atoms with van der Waals surface area (Å²) in [6.07, 6.45) is -0.866. The fourth-order valence-corrected chi connectivity index (χ4v) is 4.73. The number of aliphatic imine (C=N–C) groups is 1. The minimum atomic E-state index is -4.35. The van der Waals surface area contributed by atoms with E-state index in [1.54, 1.807) is 0 Å². The molecule has 1 unspecified atom stereocenters. The second-order valence-electron chi connectivity index (χ2n) is 6.26. The van der Waals surface area contributed by atoms with Crippen LogP contribution in [0.2, 0.25) is 0 Å². The van der Waals surface area contributed by atoms with Crippen LogP contribution in [0.3, 0.4) is 0 Å². The third-order valence-electron chi connectivity index (χ3n) is 4.54. The van der Waals surface area contributed by atoms with Gasteiger partial charge in [-0.15, -0.1) is 0 Å². The first-order valence-corrected chi connectivity index (χ1v) is 7.72. The summed E-state index contributed by atoms with van der Waals surface area (Å²) >= 11 is 0.932. The number of rotatable bonds is 2. The molecule has 1 heterocycles. The number of alkyl halides is 3. The van der Waals surface area contributed by atoms with Gasteiger partial charge in [0, 0.05) is 0 Å². The van der Waals surface area contributed by atoms with Gasteiger partial charge in [-0.25, -0.2) is 0 Å². The number of amidine groups is 1. The average molecular weight is 306 g/mol. The summed E-state index contributed by atoms with van der Waals surface area (Å²) in [4.78, 5) is 16.3. The predicted octanol–water partition coefficient (Wildman–Crippen LogP) is 3.11. The lowest BCUT2D eigenvalue weighted by Gasteiger charge is -2.20. The Bertz CT molecular complexity index is 465. The van der Waals surface area contributed by atoms with Crippen molar-refractivity contribution in [3.63, 3.8) is 0 Å². The molecule has 112 valence electrons. The van der Waals surface area contributed by atoms with Crippen LogP contribution in [0, 0.1) is 11.8 Å². The van der Waals surface area contributed by atoms with E-state index in [1.807, 2.05) is 0 Å². The lowest BCUT2D eigenvalue weighted by atomic mass is 9.96. The third kappa shape index (κ3) is 2.69. The van der Waals surface area contributed by atoms with Crippen LogP contribution in [0.4, 0.5) is 13.2 Å². The molecule has 0 aromatic carbocycles. The first-order chi connectivity index (χ1) is 9.25. The molecule has 0 radical (unpaired) electrons. The van der Waals surface area contributed by atoms with Crippen LogP contribution in [0.1, 0.15) is 39.0 Å². The minimum Gasteiger partial charge on any atom is -0.304 e. The monoisotopic (exact) mass is 306 g/mol. The van der Waals surface area contributed by atoms with Gasteiger partial charge in [0.1, 0.15) is 4.75 Å². The van der Waals surface area contributed by atoms with Crippen molar-refractivity contribution < 1.29 is 18.0 Å². The van der Waals surface area contributed by atoms with Gasteiger partial charge >= 0.3 is 6.18 Å². The van der Waals surface area contributed by atoms with E-state index in [2.05, 4.69) is 10.3 Å². The van der Waals surface area contributed by atoms with Crippen LogP contribution in [0.5, 0.6) is 0 Å². The van der Waals surface area contributed by atoms with Crippen molar-refractivity contribution in [3.8, 4) is 0 Å². The number of nitrogens with one attached hydrogen (secondary N) is 1. The number of fused-ring (bicyclic) bond motifs is 2. The molecule has 2 aliphatic carbocycles. The number of carbonyl (C=O) groups is 1. The normalized spacial score (nSPS) is 42.5. The highest BCUT2D eigenvalue weighted by atomic mass is 32.2. The lowest BCUT2D eigenvalue weighted by molar-refractivity contribution is -0.148. The van der Waals surface area contributed by atoms with Crippen LogP contribution in [0.15, 0.2) is 4.99 Å². The number of hydrogen-bond donors (Lipinski definition) is 1. The van der Waals surface area contributed by atoms with Gasteiger partial charge in [-0.2, -0.15) is 13.2 Å². The van der Waals surface area contributed by atoms with Gasteiger partial charge < -0.3 is 5.32 Å². The molecule has 20 heavy (non-hydrogen) atoms. The van der Waals surface area contributed by atoms with Gasteiger partial charge in [-0.1, -0.05) is 18.2 Å². The molecule has 1 saturated heterocycles. The van der Waals surface area contributed by atoms with Crippen molar-refractivity contribution in [1.82, 2.24) is 5.32 Å². The summed E-state index contributed by atoms with van der Waals surface area (Å²) in [5, 5.41) is 2.90. The van der Waals surface area contributed by atoms with Crippen molar-refractivity contribution in [2.75, 3.05) is 0 Å². The molecule has 0 aromatic heterocycles. The topological polar surface area (TPSA) is 41.5 Å². The van der Waals surface area contributed by atoms with Gasteiger partial charge in [0.25, 0.3) is 0 Å². The zero-order chi connectivity index (χ0) is 14.5. The average Bonchev–Trinajstić information content (AvgIpc) is 2.92. The van der Waals surface area contributed by atoms with Crippen molar-refractivity contribution in [1.29, 1.82) is 0 Å². The maximum absolute atomic E-state index is 12.5. The smallest absolute Gasteiger partial charge is 0.304 e. The number of halogens is 3. The zero-order valence-electron chi connectivity index (χ0n) is 11.2. The molecule has 1 aliphatic heterocycles. The van der Waals surface area contributed by atoms with Gasteiger partial charge in [0.15, 0.2) is 5.17 Å². The fraction of sp³-hybridized carbons (Fsp3) is 0.846. The van der Waals surface area contributed by atoms with Crippen LogP contribution in [0.25, 0.3) is 0 Å². The Hall–Kier alpha value is -0.720. The number of amides is 1. The molecule has 3 fully saturated rings. The number of carbonyl (C=O) groups excluding carboxylic acids is 1. The number of thioether (sulfide) groups is 1. The molecule has 4 atom stereocenters. The van der Waals surface area contributed by atoms with E-state index in [-0.39, 0.29) is 6.04 Å². The van der Waals surface area contributed by atoms with Crippen molar-refractivity contribution in [3.05, 3.63) is 0 Å². The lowest BCUT2D eigenvalue weighted by Crippen LogP contribution is -2.37. The Morgan fingerprint density at radius 2 is 2.15 bits per heavy atom. The Morgan fingerprint density at radius 3 is 2.70 bits per heavy atom. The standard InChI is InChI=1S/C13H17F3N2OS/c1-12(6-13(14,15)16)10(19)18-11(20-12)17-9-5-7-2-3-8(9)4-7/h7-9H,2-6H2,1H3,(H,17,18,19)/t7-,8?,9+,12-/m1/s1. The van der Waals surface area contributed by atoms with E-state index >= 15 is 0 Å². The quantitative estimate of drug-likeness (QED) is 0.851. The first kappa shape index (κ1) is 14.2. The summed E-state index contributed by atoms with van der Waals surface area (Å²) in [5.74, 6) is 0.694. The molecule has 1 N–H and O–H groups in total. The van der Waals surface area contributed by atoms with Crippen molar-refractivity contribution >= 4 is 22.8 Å². The third-order valence-corrected chi connectivity index (χ3v) is 5.73.